The van der Waals surface area contributed by atoms with Crippen LogP contribution in [0.15, 0.2) is 29.3 Å². The molecular formula is C23H37IN4O2. The number of benzene rings is 1. The summed E-state index contributed by atoms with van der Waals surface area (Å²) in [6, 6.07) is 8.16. The summed E-state index contributed by atoms with van der Waals surface area (Å²) in [6.45, 7) is 4.69. The monoisotopic (exact) mass is 528 g/mol. The molecule has 0 radical (unpaired) electrons. The Kier molecular flexibility index (Phi) is 10.4. The number of para-hydroxylation sites is 1. The van der Waals surface area contributed by atoms with E-state index >= 15 is 0 Å². The number of carbonyl (C=O) groups is 1. The van der Waals surface area contributed by atoms with Gasteiger partial charge in [-0.05, 0) is 56.1 Å². The van der Waals surface area contributed by atoms with Crippen molar-refractivity contribution in [2.45, 2.75) is 58.3 Å². The van der Waals surface area contributed by atoms with Crippen LogP contribution in [-0.4, -0.2) is 49.8 Å². The number of rotatable bonds is 7. The molecule has 0 atom stereocenters. The zero-order valence-electron chi connectivity index (χ0n) is 18.2. The molecule has 1 aliphatic carbocycles. The Morgan fingerprint density at radius 2 is 1.93 bits per heavy atom. The van der Waals surface area contributed by atoms with Gasteiger partial charge in [-0.3, -0.25) is 4.79 Å². The highest BCUT2D eigenvalue weighted by Crippen LogP contribution is 2.38. The van der Waals surface area contributed by atoms with Gasteiger partial charge >= 0.3 is 0 Å². The molecule has 3 N–H and O–H groups in total. The first-order chi connectivity index (χ1) is 14.2. The van der Waals surface area contributed by atoms with Crippen molar-refractivity contribution in [2.24, 2.45) is 10.4 Å². The highest BCUT2D eigenvalue weighted by molar-refractivity contribution is 14.0. The SMILES string of the molecule is CCNC(=NCC(=O)N1CCCc2ccccc21)NCC1(CCO)CCCCC1.I. The molecule has 1 aromatic rings. The van der Waals surface area contributed by atoms with Crippen LogP contribution in [0.25, 0.3) is 0 Å². The molecule has 0 spiro atoms. The second-order valence-electron chi connectivity index (χ2n) is 8.36. The van der Waals surface area contributed by atoms with Gasteiger partial charge < -0.3 is 20.6 Å². The van der Waals surface area contributed by atoms with E-state index in [-0.39, 0.29) is 48.5 Å². The Balaban J connectivity index is 0.00000320. The van der Waals surface area contributed by atoms with E-state index in [9.17, 15) is 9.90 Å². The zero-order valence-corrected chi connectivity index (χ0v) is 20.5. The number of aliphatic hydroxyl groups excluding tert-OH is 1. The molecule has 2 aliphatic rings. The van der Waals surface area contributed by atoms with E-state index in [1.165, 1.54) is 24.8 Å². The maximum absolute atomic E-state index is 12.9. The van der Waals surface area contributed by atoms with Gasteiger partial charge in [0.1, 0.15) is 6.54 Å². The van der Waals surface area contributed by atoms with Crippen molar-refractivity contribution < 1.29 is 9.90 Å². The minimum atomic E-state index is 0. The predicted octanol–water partition coefficient (Wildman–Crippen LogP) is 3.47. The van der Waals surface area contributed by atoms with Crippen LogP contribution in [0, 0.1) is 5.41 Å². The summed E-state index contributed by atoms with van der Waals surface area (Å²) in [6.07, 6.45) is 8.86. The maximum atomic E-state index is 12.9. The Morgan fingerprint density at radius 3 is 2.67 bits per heavy atom. The van der Waals surface area contributed by atoms with Crippen LogP contribution in [0.3, 0.4) is 0 Å². The Morgan fingerprint density at radius 1 is 1.17 bits per heavy atom. The van der Waals surface area contributed by atoms with Gasteiger partial charge in [0.25, 0.3) is 0 Å². The lowest BCUT2D eigenvalue weighted by atomic mass is 9.72. The van der Waals surface area contributed by atoms with E-state index in [0.717, 1.165) is 57.4 Å². The van der Waals surface area contributed by atoms with Crippen LogP contribution >= 0.6 is 24.0 Å². The van der Waals surface area contributed by atoms with Crippen LogP contribution in [0.4, 0.5) is 5.69 Å². The number of nitrogens with one attached hydrogen (secondary N) is 2. The van der Waals surface area contributed by atoms with E-state index < -0.39 is 0 Å². The molecule has 1 fully saturated rings. The lowest BCUT2D eigenvalue weighted by Gasteiger charge is -2.37. The third-order valence-corrected chi connectivity index (χ3v) is 6.32. The van der Waals surface area contributed by atoms with Crippen molar-refractivity contribution >= 4 is 41.5 Å². The number of hydrogen-bond acceptors (Lipinski definition) is 3. The average molecular weight is 528 g/mol. The predicted molar refractivity (Wildman–Crippen MR) is 134 cm³/mol. The first-order valence-electron chi connectivity index (χ1n) is 11.2. The Bertz CT molecular complexity index is 699. The molecule has 1 heterocycles. The summed E-state index contributed by atoms with van der Waals surface area (Å²) >= 11 is 0. The molecule has 7 heteroatoms. The van der Waals surface area contributed by atoms with Crippen LogP contribution in [0.5, 0.6) is 0 Å². The van der Waals surface area contributed by atoms with Crippen molar-refractivity contribution in [3.05, 3.63) is 29.8 Å². The van der Waals surface area contributed by atoms with Gasteiger partial charge in [-0.2, -0.15) is 0 Å². The van der Waals surface area contributed by atoms with Crippen LogP contribution in [0.2, 0.25) is 0 Å². The number of hydrogen-bond donors (Lipinski definition) is 3. The number of halogens is 1. The molecular weight excluding hydrogens is 491 g/mol. The topological polar surface area (TPSA) is 77.0 Å². The van der Waals surface area contributed by atoms with Gasteiger partial charge in [0.05, 0.1) is 0 Å². The van der Waals surface area contributed by atoms with Gasteiger partial charge in [-0.1, -0.05) is 37.5 Å². The number of aryl methyl sites for hydroxylation is 1. The molecule has 1 saturated carbocycles. The van der Waals surface area contributed by atoms with E-state index in [1.807, 2.05) is 30.0 Å². The number of nitrogens with zero attached hydrogens (tertiary/aromatic N) is 2. The molecule has 3 rings (SSSR count). The molecule has 6 nitrogen and oxygen atoms in total. The Hall–Kier alpha value is -1.35. The van der Waals surface area contributed by atoms with Crippen molar-refractivity contribution in [1.29, 1.82) is 0 Å². The van der Waals surface area contributed by atoms with Crippen LogP contribution in [-0.2, 0) is 11.2 Å². The molecule has 1 aliphatic heterocycles. The van der Waals surface area contributed by atoms with Crippen molar-refractivity contribution in [3.8, 4) is 0 Å². The third-order valence-electron chi connectivity index (χ3n) is 6.32. The summed E-state index contributed by atoms with van der Waals surface area (Å²) in [4.78, 5) is 19.3. The minimum absolute atomic E-state index is 0. The maximum Gasteiger partial charge on any atom is 0.248 e. The summed E-state index contributed by atoms with van der Waals surface area (Å²) in [5.41, 5.74) is 2.41. The molecule has 30 heavy (non-hydrogen) atoms. The van der Waals surface area contributed by atoms with Crippen molar-refractivity contribution in [3.63, 3.8) is 0 Å². The molecule has 168 valence electrons. The molecule has 0 unspecified atom stereocenters. The average Bonchev–Trinajstić information content (AvgIpc) is 2.76. The minimum Gasteiger partial charge on any atom is -0.396 e. The lowest BCUT2D eigenvalue weighted by Crippen LogP contribution is -2.45. The van der Waals surface area contributed by atoms with Gasteiger partial charge in [0.2, 0.25) is 5.91 Å². The van der Waals surface area contributed by atoms with Gasteiger partial charge in [0, 0.05) is 31.9 Å². The standard InChI is InChI=1S/C23H36N4O2.HI/c1-2-24-22(26-18-23(14-16-28)12-6-3-7-13-23)25-17-21(29)27-15-8-10-19-9-4-5-11-20(19)27;/h4-5,9,11,28H,2-3,6-8,10,12-18H2,1H3,(H2,24,25,26);1H. The fraction of sp³-hybridized carbons (Fsp3) is 0.652. The molecule has 1 aromatic carbocycles. The van der Waals surface area contributed by atoms with E-state index in [4.69, 9.17) is 0 Å². The van der Waals surface area contributed by atoms with E-state index in [1.54, 1.807) is 0 Å². The third kappa shape index (κ3) is 6.57. The van der Waals surface area contributed by atoms with Crippen molar-refractivity contribution in [1.82, 2.24) is 10.6 Å². The van der Waals surface area contributed by atoms with E-state index in [2.05, 4.69) is 21.7 Å². The van der Waals surface area contributed by atoms with Gasteiger partial charge in [-0.15, -0.1) is 24.0 Å². The fourth-order valence-electron chi connectivity index (χ4n) is 4.69. The first kappa shape index (κ1) is 24.9. The second-order valence-corrected chi connectivity index (χ2v) is 8.36. The normalized spacial score (nSPS) is 18.2. The molecule has 1 amide bonds. The molecule has 0 aromatic heterocycles. The quantitative estimate of drug-likeness (QED) is 0.288. The molecule has 0 saturated heterocycles. The zero-order chi connectivity index (χ0) is 20.5. The Labute approximate surface area is 197 Å². The lowest BCUT2D eigenvalue weighted by molar-refractivity contribution is -0.117. The smallest absolute Gasteiger partial charge is 0.248 e. The number of guanidine groups is 1. The summed E-state index contributed by atoms with van der Waals surface area (Å²) < 4.78 is 0. The fourth-order valence-corrected chi connectivity index (χ4v) is 4.69. The largest absolute Gasteiger partial charge is 0.396 e. The van der Waals surface area contributed by atoms with Gasteiger partial charge in [0.15, 0.2) is 5.96 Å². The summed E-state index contributed by atoms with van der Waals surface area (Å²) in [5.74, 6) is 0.728. The number of aliphatic hydroxyl groups is 1. The second kappa shape index (κ2) is 12.5. The summed E-state index contributed by atoms with van der Waals surface area (Å²) in [7, 11) is 0. The number of amides is 1. The number of anilines is 1. The highest BCUT2D eigenvalue weighted by atomic mass is 127. The highest BCUT2D eigenvalue weighted by Gasteiger charge is 2.31. The first-order valence-corrected chi connectivity index (χ1v) is 11.2. The number of aliphatic imine (C=N–C) groups is 1. The number of fused-ring (bicyclic) bond motifs is 1. The number of carbonyl (C=O) groups excluding carboxylic acids is 1. The van der Waals surface area contributed by atoms with Gasteiger partial charge in [-0.25, -0.2) is 4.99 Å². The summed E-state index contributed by atoms with van der Waals surface area (Å²) in [5, 5.41) is 16.2. The van der Waals surface area contributed by atoms with Crippen LogP contribution < -0.4 is 15.5 Å². The van der Waals surface area contributed by atoms with Crippen LogP contribution in [0.1, 0.15) is 57.4 Å². The molecule has 0 bridgehead atoms. The van der Waals surface area contributed by atoms with Crippen molar-refractivity contribution in [2.75, 3.05) is 37.7 Å². The van der Waals surface area contributed by atoms with E-state index in [0.29, 0.717) is 5.96 Å².